The Bertz CT molecular complexity index is 1570. The maximum absolute atomic E-state index is 12.6. The molecule has 1 amide bonds. The van der Waals surface area contributed by atoms with Crippen molar-refractivity contribution in [3.8, 4) is 22.8 Å². The second-order valence-corrected chi connectivity index (χ2v) is 9.40. The van der Waals surface area contributed by atoms with Gasteiger partial charge in [0.05, 0.1) is 0 Å². The lowest BCUT2D eigenvalue weighted by molar-refractivity contribution is 0.0951. The van der Waals surface area contributed by atoms with Gasteiger partial charge in [-0.15, -0.1) is 0 Å². The minimum atomic E-state index is -0.433. The Hall–Kier alpha value is -3.75. The molecule has 0 atom stereocenters. The van der Waals surface area contributed by atoms with Crippen LogP contribution in [0.1, 0.15) is 21.7 Å². The molecule has 0 radical (unpaired) electrons. The first-order valence-electron chi connectivity index (χ1n) is 10.8. The van der Waals surface area contributed by atoms with E-state index in [1.165, 1.54) is 5.56 Å². The quantitative estimate of drug-likeness (QED) is 0.231. The Labute approximate surface area is 215 Å². The predicted octanol–water partition coefficient (Wildman–Crippen LogP) is 7.26. The van der Waals surface area contributed by atoms with E-state index in [1.54, 1.807) is 18.2 Å². The largest absolute Gasteiger partial charge is 0.451 e. The summed E-state index contributed by atoms with van der Waals surface area (Å²) < 4.78 is 12.6. The number of amides is 1. The van der Waals surface area contributed by atoms with Crippen LogP contribution in [0, 0.1) is 13.8 Å². The van der Waals surface area contributed by atoms with Crippen molar-refractivity contribution in [1.29, 1.82) is 0 Å². The van der Waals surface area contributed by atoms with Gasteiger partial charge in [0.2, 0.25) is 5.89 Å². The molecule has 0 unspecified atom stereocenters. The van der Waals surface area contributed by atoms with E-state index < -0.39 is 5.91 Å². The highest BCUT2D eigenvalue weighted by Gasteiger charge is 2.15. The number of carbonyl (C=O) groups excluding carboxylic acids is 1. The van der Waals surface area contributed by atoms with Gasteiger partial charge in [-0.3, -0.25) is 10.1 Å². The van der Waals surface area contributed by atoms with Crippen molar-refractivity contribution in [2.75, 3.05) is 5.32 Å². The molecule has 2 N–H and O–H groups in total. The number of rotatable bonds is 4. The molecule has 0 saturated heterocycles. The molecule has 0 bridgehead atoms. The second-order valence-electron chi connectivity index (χ2n) is 8.08. The summed E-state index contributed by atoms with van der Waals surface area (Å²) in [4.78, 5) is 17.2. The van der Waals surface area contributed by atoms with Crippen LogP contribution >= 0.6 is 28.1 Å². The third-order valence-electron chi connectivity index (χ3n) is 5.58. The van der Waals surface area contributed by atoms with Crippen LogP contribution in [0.3, 0.4) is 0 Å². The van der Waals surface area contributed by atoms with Crippen LogP contribution in [0.15, 0.2) is 86.1 Å². The lowest BCUT2D eigenvalue weighted by Crippen LogP contribution is -2.33. The molecule has 0 fully saturated rings. The van der Waals surface area contributed by atoms with E-state index in [1.807, 2.05) is 61.5 Å². The van der Waals surface area contributed by atoms with E-state index in [9.17, 15) is 4.79 Å². The van der Waals surface area contributed by atoms with Crippen LogP contribution in [0.5, 0.6) is 0 Å². The number of hydrogen-bond donors (Lipinski definition) is 2. The van der Waals surface area contributed by atoms with Crippen molar-refractivity contribution in [2.45, 2.75) is 13.8 Å². The Morgan fingerprint density at radius 3 is 2.43 bits per heavy atom. The van der Waals surface area contributed by atoms with Gasteiger partial charge in [-0.25, -0.2) is 4.98 Å². The average molecular weight is 546 g/mol. The number of fused-ring (bicyclic) bond motifs is 1. The summed E-state index contributed by atoms with van der Waals surface area (Å²) in [6, 6.07) is 22.6. The molecule has 0 saturated carbocycles. The third kappa shape index (κ3) is 5.03. The minimum absolute atomic E-state index is 0.148. The summed E-state index contributed by atoms with van der Waals surface area (Å²) >= 11 is 8.75. The number of oxazole rings is 1. The van der Waals surface area contributed by atoms with Crippen LogP contribution in [0.4, 0.5) is 5.69 Å². The van der Waals surface area contributed by atoms with Gasteiger partial charge < -0.3 is 14.2 Å². The van der Waals surface area contributed by atoms with Gasteiger partial charge in [-0.05, 0) is 97.9 Å². The molecule has 2 aromatic heterocycles. The lowest BCUT2D eigenvalue weighted by atomic mass is 10.1. The molecule has 174 valence electrons. The maximum Gasteiger partial charge on any atom is 0.293 e. The molecule has 5 rings (SSSR count). The van der Waals surface area contributed by atoms with Crippen LogP contribution in [0.2, 0.25) is 0 Å². The topological polar surface area (TPSA) is 80.3 Å². The smallest absolute Gasteiger partial charge is 0.293 e. The number of anilines is 1. The molecule has 35 heavy (non-hydrogen) atoms. The zero-order chi connectivity index (χ0) is 24.5. The van der Waals surface area contributed by atoms with Crippen molar-refractivity contribution in [3.63, 3.8) is 0 Å². The highest BCUT2D eigenvalue weighted by molar-refractivity contribution is 9.10. The first kappa shape index (κ1) is 23.0. The second kappa shape index (κ2) is 9.48. The number of halogens is 1. The van der Waals surface area contributed by atoms with Crippen molar-refractivity contribution in [3.05, 3.63) is 94.2 Å². The van der Waals surface area contributed by atoms with E-state index in [4.69, 9.17) is 21.1 Å². The fraction of sp³-hybridized carbons (Fsp3) is 0.0741. The standard InChI is InChI=1S/C27H20BrN3O3S/c1-15-3-4-18(13-16(15)2)22-11-12-24(33-22)25(32)31-27(35)29-20-9-10-23-21(14-20)30-26(34-23)17-5-7-19(28)8-6-17/h3-14H,1-2H3,(H2,29,31,32,35). The SMILES string of the molecule is Cc1ccc(-c2ccc(C(=O)NC(=S)Nc3ccc4oc(-c5ccc(Br)cc5)nc4c3)o2)cc1C. The van der Waals surface area contributed by atoms with Gasteiger partial charge in [-0.2, -0.15) is 0 Å². The van der Waals surface area contributed by atoms with Gasteiger partial charge >= 0.3 is 0 Å². The first-order chi connectivity index (χ1) is 16.9. The summed E-state index contributed by atoms with van der Waals surface area (Å²) in [5.41, 5.74) is 6.14. The van der Waals surface area contributed by atoms with Gasteiger partial charge in [0.25, 0.3) is 5.91 Å². The molecule has 0 aliphatic rings. The summed E-state index contributed by atoms with van der Waals surface area (Å²) in [6.07, 6.45) is 0. The molecule has 2 heterocycles. The van der Waals surface area contributed by atoms with Crippen LogP contribution in [-0.4, -0.2) is 16.0 Å². The summed E-state index contributed by atoms with van der Waals surface area (Å²) in [7, 11) is 0. The Morgan fingerprint density at radius 1 is 0.886 bits per heavy atom. The number of furan rings is 1. The number of hydrogen-bond acceptors (Lipinski definition) is 5. The van der Waals surface area contributed by atoms with Crippen LogP contribution in [0.25, 0.3) is 33.9 Å². The van der Waals surface area contributed by atoms with Crippen molar-refractivity contribution in [1.82, 2.24) is 10.3 Å². The van der Waals surface area contributed by atoms with Gasteiger partial charge in [0.15, 0.2) is 16.5 Å². The summed E-state index contributed by atoms with van der Waals surface area (Å²) in [5.74, 6) is 0.888. The number of aromatic nitrogens is 1. The lowest BCUT2D eigenvalue weighted by Gasteiger charge is -2.08. The molecular formula is C27H20BrN3O3S. The van der Waals surface area contributed by atoms with E-state index in [0.29, 0.717) is 28.4 Å². The fourth-order valence-corrected chi connectivity index (χ4v) is 4.03. The van der Waals surface area contributed by atoms with Crippen LogP contribution in [-0.2, 0) is 0 Å². The van der Waals surface area contributed by atoms with Gasteiger partial charge in [-0.1, -0.05) is 28.1 Å². The van der Waals surface area contributed by atoms with Gasteiger partial charge in [0.1, 0.15) is 11.3 Å². The van der Waals surface area contributed by atoms with Crippen molar-refractivity contribution < 1.29 is 13.6 Å². The molecule has 5 aromatic rings. The Balaban J connectivity index is 1.26. The first-order valence-corrected chi connectivity index (χ1v) is 12.0. The summed E-state index contributed by atoms with van der Waals surface area (Å²) in [5, 5.41) is 5.82. The van der Waals surface area contributed by atoms with Crippen LogP contribution < -0.4 is 10.6 Å². The highest BCUT2D eigenvalue weighted by Crippen LogP contribution is 2.27. The van der Waals surface area contributed by atoms with E-state index in [0.717, 1.165) is 21.2 Å². The van der Waals surface area contributed by atoms with Crippen molar-refractivity contribution in [2.24, 2.45) is 0 Å². The number of nitrogens with zero attached hydrogens (tertiary/aromatic N) is 1. The monoisotopic (exact) mass is 545 g/mol. The molecule has 0 aliphatic carbocycles. The number of thiocarbonyl (C=S) groups is 1. The average Bonchev–Trinajstić information content (AvgIpc) is 3.49. The molecule has 6 nitrogen and oxygen atoms in total. The minimum Gasteiger partial charge on any atom is -0.451 e. The molecule has 8 heteroatoms. The van der Waals surface area contributed by atoms with E-state index in [-0.39, 0.29) is 10.9 Å². The predicted molar refractivity (Wildman–Crippen MR) is 144 cm³/mol. The van der Waals surface area contributed by atoms with E-state index >= 15 is 0 Å². The normalized spacial score (nSPS) is 10.9. The third-order valence-corrected chi connectivity index (χ3v) is 6.32. The van der Waals surface area contributed by atoms with Crippen molar-refractivity contribution >= 4 is 56.0 Å². The summed E-state index contributed by atoms with van der Waals surface area (Å²) in [6.45, 7) is 4.09. The number of aryl methyl sites for hydroxylation is 2. The number of nitrogens with one attached hydrogen (secondary N) is 2. The van der Waals surface area contributed by atoms with Gasteiger partial charge in [0, 0.05) is 21.3 Å². The molecule has 0 aliphatic heterocycles. The zero-order valence-electron chi connectivity index (χ0n) is 18.9. The molecule has 0 spiro atoms. The fourth-order valence-electron chi connectivity index (χ4n) is 3.56. The highest BCUT2D eigenvalue weighted by atomic mass is 79.9. The maximum atomic E-state index is 12.6. The number of carbonyl (C=O) groups is 1. The molecule has 3 aromatic carbocycles. The Kier molecular flexibility index (Phi) is 6.23. The van der Waals surface area contributed by atoms with E-state index in [2.05, 4.69) is 38.5 Å². The molecular weight excluding hydrogens is 526 g/mol. The Morgan fingerprint density at radius 2 is 1.66 bits per heavy atom. The zero-order valence-corrected chi connectivity index (χ0v) is 21.3. The number of benzene rings is 3.